The molecule has 2 N–H and O–H groups in total. The Hall–Kier alpha value is -2.72. The molecule has 1 amide bonds. The molecule has 2 aromatic rings. The quantitative estimate of drug-likeness (QED) is 0.719. The van der Waals surface area contributed by atoms with Crippen molar-refractivity contribution >= 4 is 30.2 Å². The van der Waals surface area contributed by atoms with Crippen LogP contribution in [0.4, 0.5) is 0 Å². The van der Waals surface area contributed by atoms with E-state index in [9.17, 15) is 4.79 Å². The summed E-state index contributed by atoms with van der Waals surface area (Å²) in [6.07, 6.45) is 6.55. The smallest absolute Gasteiger partial charge is 0.290 e. The number of piperidine rings is 1. The minimum atomic E-state index is -0.476. The van der Waals surface area contributed by atoms with Crippen LogP contribution in [0.15, 0.2) is 36.0 Å². The summed E-state index contributed by atoms with van der Waals surface area (Å²) in [7, 11) is 0. The summed E-state index contributed by atoms with van der Waals surface area (Å²) in [5.41, 5.74) is -0.476. The average Bonchev–Trinajstić information content (AvgIpc) is 3.36. The minimum absolute atomic E-state index is 0.250. The molecule has 158 valence electrons. The van der Waals surface area contributed by atoms with Gasteiger partial charge in [0.2, 0.25) is 0 Å². The van der Waals surface area contributed by atoms with Crippen molar-refractivity contribution in [2.24, 2.45) is 0 Å². The maximum absolute atomic E-state index is 13.1. The highest BCUT2D eigenvalue weighted by atomic mass is 32.1. The number of hydrogen-bond donors (Lipinski definition) is 2. The van der Waals surface area contributed by atoms with E-state index in [0.29, 0.717) is 0 Å². The Morgan fingerprint density at radius 2 is 1.79 bits per heavy atom. The van der Waals surface area contributed by atoms with Crippen LogP contribution in [0, 0.1) is 0 Å². The van der Waals surface area contributed by atoms with Crippen LogP contribution in [-0.4, -0.2) is 74.8 Å². The van der Waals surface area contributed by atoms with E-state index in [1.165, 1.54) is 4.88 Å². The Labute approximate surface area is 173 Å². The summed E-state index contributed by atoms with van der Waals surface area (Å²) in [4.78, 5) is 35.6. The molecule has 2 aromatic heterocycles. The van der Waals surface area contributed by atoms with E-state index < -0.39 is 5.54 Å². The molecule has 0 aliphatic carbocycles. The predicted octanol–water partition coefficient (Wildman–Crippen LogP) is 1.57. The van der Waals surface area contributed by atoms with Crippen molar-refractivity contribution in [2.75, 3.05) is 26.2 Å². The van der Waals surface area contributed by atoms with Crippen LogP contribution in [0.25, 0.3) is 0 Å². The van der Waals surface area contributed by atoms with Gasteiger partial charge >= 0.3 is 0 Å². The largest absolute Gasteiger partial charge is 0.483 e. The van der Waals surface area contributed by atoms with Gasteiger partial charge in [-0.1, -0.05) is 6.07 Å². The van der Waals surface area contributed by atoms with Gasteiger partial charge < -0.3 is 15.1 Å². The standard InChI is InChI=1S/C17H22N4OS.2CH2O2/c22-16(20-8-3-9-20)17(21-10-2-7-18-21)5-11-19(12-6-17)14-15-4-1-13-23-15;2*2-1-3/h1-2,4,7,10,13H,3,5-6,8-9,11-12,14H2;2*1H,(H,2,3). The minimum Gasteiger partial charge on any atom is -0.483 e. The first-order valence-electron chi connectivity index (χ1n) is 9.31. The number of carbonyl (C=O) groups is 3. The molecule has 0 spiro atoms. The lowest BCUT2D eigenvalue weighted by atomic mass is 9.85. The molecule has 2 aliphatic rings. The zero-order valence-electron chi connectivity index (χ0n) is 16.1. The normalized spacial score (nSPS) is 17.6. The molecular weight excluding hydrogens is 396 g/mol. The van der Waals surface area contributed by atoms with Crippen molar-refractivity contribution in [3.8, 4) is 0 Å². The Morgan fingerprint density at radius 1 is 1.14 bits per heavy atom. The number of likely N-dealkylation sites (tertiary alicyclic amines) is 2. The van der Waals surface area contributed by atoms with Crippen LogP contribution in [0.3, 0.4) is 0 Å². The molecule has 0 radical (unpaired) electrons. The Balaban J connectivity index is 0.000000449. The van der Waals surface area contributed by atoms with Crippen LogP contribution >= 0.6 is 11.3 Å². The van der Waals surface area contributed by atoms with Crippen LogP contribution < -0.4 is 0 Å². The summed E-state index contributed by atoms with van der Waals surface area (Å²) < 4.78 is 1.91. The van der Waals surface area contributed by atoms with Gasteiger partial charge in [0.15, 0.2) is 0 Å². The fraction of sp³-hybridized carbons (Fsp3) is 0.474. The van der Waals surface area contributed by atoms with E-state index >= 15 is 0 Å². The first-order chi connectivity index (χ1) is 14.1. The van der Waals surface area contributed by atoms with Gasteiger partial charge in [-0.05, 0) is 36.8 Å². The summed E-state index contributed by atoms with van der Waals surface area (Å²) in [6, 6.07) is 6.21. The van der Waals surface area contributed by atoms with Gasteiger partial charge in [0.1, 0.15) is 5.54 Å². The Morgan fingerprint density at radius 3 is 2.24 bits per heavy atom. The third-order valence-electron chi connectivity index (χ3n) is 5.13. The van der Waals surface area contributed by atoms with Crippen molar-refractivity contribution < 1.29 is 24.6 Å². The number of rotatable bonds is 4. The van der Waals surface area contributed by atoms with Crippen LogP contribution in [-0.2, 0) is 26.5 Å². The van der Waals surface area contributed by atoms with E-state index in [4.69, 9.17) is 19.8 Å². The SMILES string of the molecule is O=C(N1CCC1)C1(n2cccn2)CCN(Cc2cccs2)CC1.O=CO.O=CO. The lowest BCUT2D eigenvalue weighted by Crippen LogP contribution is -2.59. The lowest BCUT2D eigenvalue weighted by molar-refractivity contribution is -0.148. The number of aromatic nitrogens is 2. The second-order valence-corrected chi connectivity index (χ2v) is 7.73. The highest BCUT2D eigenvalue weighted by Crippen LogP contribution is 2.34. The van der Waals surface area contributed by atoms with Crippen molar-refractivity contribution in [3.05, 3.63) is 40.8 Å². The molecule has 0 bridgehead atoms. The highest BCUT2D eigenvalue weighted by Gasteiger charge is 2.46. The molecule has 10 heteroatoms. The number of hydrogen-bond acceptors (Lipinski definition) is 6. The number of amides is 1. The summed E-state index contributed by atoms with van der Waals surface area (Å²) in [5, 5.41) is 20.3. The molecule has 4 heterocycles. The Kier molecular flexibility index (Phi) is 8.81. The van der Waals surface area contributed by atoms with Crippen molar-refractivity contribution in [1.82, 2.24) is 19.6 Å². The molecule has 2 aliphatic heterocycles. The molecule has 9 nitrogen and oxygen atoms in total. The molecule has 0 saturated carbocycles. The summed E-state index contributed by atoms with van der Waals surface area (Å²) >= 11 is 1.80. The van der Waals surface area contributed by atoms with Gasteiger partial charge in [-0.15, -0.1) is 11.3 Å². The van der Waals surface area contributed by atoms with E-state index in [2.05, 4.69) is 27.5 Å². The Bertz CT molecular complexity index is 733. The maximum Gasteiger partial charge on any atom is 0.290 e. The third-order valence-corrected chi connectivity index (χ3v) is 5.99. The second kappa shape index (κ2) is 11.3. The third kappa shape index (κ3) is 5.64. The van der Waals surface area contributed by atoms with Crippen molar-refractivity contribution in [2.45, 2.75) is 31.3 Å². The van der Waals surface area contributed by atoms with Gasteiger partial charge in [-0.2, -0.15) is 5.10 Å². The number of nitrogens with zero attached hydrogens (tertiary/aromatic N) is 4. The van der Waals surface area contributed by atoms with Crippen LogP contribution in [0.2, 0.25) is 0 Å². The zero-order chi connectivity index (χ0) is 21.1. The molecule has 2 saturated heterocycles. The highest BCUT2D eigenvalue weighted by molar-refractivity contribution is 7.09. The second-order valence-electron chi connectivity index (χ2n) is 6.69. The molecule has 29 heavy (non-hydrogen) atoms. The molecule has 0 aromatic carbocycles. The molecule has 2 fully saturated rings. The number of carbonyl (C=O) groups excluding carboxylic acids is 1. The average molecular weight is 423 g/mol. The van der Waals surface area contributed by atoms with E-state index in [-0.39, 0.29) is 18.9 Å². The summed E-state index contributed by atoms with van der Waals surface area (Å²) in [5.74, 6) is 0.267. The van der Waals surface area contributed by atoms with Gasteiger partial charge in [0.05, 0.1) is 0 Å². The lowest BCUT2D eigenvalue weighted by Gasteiger charge is -2.45. The first kappa shape index (κ1) is 22.6. The van der Waals surface area contributed by atoms with Crippen molar-refractivity contribution in [1.29, 1.82) is 0 Å². The number of thiophene rings is 1. The topological polar surface area (TPSA) is 116 Å². The van der Waals surface area contributed by atoms with E-state index in [1.807, 2.05) is 21.8 Å². The number of carboxylic acid groups (broad SMARTS) is 2. The first-order valence-corrected chi connectivity index (χ1v) is 10.2. The molecule has 0 unspecified atom stereocenters. The predicted molar refractivity (Wildman–Crippen MR) is 108 cm³/mol. The fourth-order valence-corrected chi connectivity index (χ4v) is 4.33. The van der Waals surface area contributed by atoms with Crippen LogP contribution in [0.1, 0.15) is 24.1 Å². The zero-order valence-corrected chi connectivity index (χ0v) is 16.9. The molecule has 0 atom stereocenters. The monoisotopic (exact) mass is 422 g/mol. The van der Waals surface area contributed by atoms with E-state index in [1.54, 1.807) is 17.5 Å². The van der Waals surface area contributed by atoms with Gasteiger partial charge in [0, 0.05) is 50.0 Å². The van der Waals surface area contributed by atoms with Gasteiger partial charge in [-0.25, -0.2) is 0 Å². The van der Waals surface area contributed by atoms with Crippen LogP contribution in [0.5, 0.6) is 0 Å². The maximum atomic E-state index is 13.1. The van der Waals surface area contributed by atoms with E-state index in [0.717, 1.165) is 52.0 Å². The fourth-order valence-electron chi connectivity index (χ4n) is 3.58. The molecular formula is C19H26N4O5S. The summed E-state index contributed by atoms with van der Waals surface area (Å²) in [6.45, 7) is 4.18. The van der Waals surface area contributed by atoms with Crippen molar-refractivity contribution in [3.63, 3.8) is 0 Å². The van der Waals surface area contributed by atoms with Gasteiger partial charge in [-0.3, -0.25) is 24.0 Å². The molecule has 4 rings (SSSR count). The van der Waals surface area contributed by atoms with Gasteiger partial charge in [0.25, 0.3) is 18.9 Å².